The van der Waals surface area contributed by atoms with Gasteiger partial charge in [0.2, 0.25) is 0 Å². The molecule has 1 aliphatic heterocycles. The number of anilines is 1. The quantitative estimate of drug-likeness (QED) is 0.752. The minimum atomic E-state index is -0.998. The van der Waals surface area contributed by atoms with Crippen molar-refractivity contribution in [3.05, 3.63) is 11.2 Å². The molecule has 1 aromatic rings. The van der Waals surface area contributed by atoms with Crippen LogP contribution in [0.4, 0.5) is 9.39 Å². The van der Waals surface area contributed by atoms with Gasteiger partial charge in [0.25, 0.3) is 0 Å². The topological polar surface area (TPSA) is 16.1 Å². The van der Waals surface area contributed by atoms with Crippen LogP contribution in [0.15, 0.2) is 6.20 Å². The number of hydrogen-bond donors (Lipinski definition) is 0. The van der Waals surface area contributed by atoms with Crippen LogP contribution < -0.4 is 4.90 Å². The average molecular weight is 214 g/mol. The Labute approximate surface area is 87.8 Å². The van der Waals surface area contributed by atoms with Crippen LogP contribution in [0.1, 0.15) is 31.7 Å². The van der Waals surface area contributed by atoms with Crippen LogP contribution in [0.25, 0.3) is 0 Å². The van der Waals surface area contributed by atoms with Gasteiger partial charge in [-0.25, -0.2) is 9.37 Å². The molecule has 2 heterocycles. The molecule has 0 aromatic carbocycles. The van der Waals surface area contributed by atoms with Crippen molar-refractivity contribution in [2.75, 3.05) is 18.0 Å². The molecule has 0 aliphatic carbocycles. The monoisotopic (exact) mass is 214 g/mol. The van der Waals surface area contributed by atoms with Gasteiger partial charge in [-0.3, -0.25) is 0 Å². The smallest absolute Gasteiger partial charge is 0.143 e. The van der Waals surface area contributed by atoms with E-state index in [1.165, 1.54) is 0 Å². The molecule has 14 heavy (non-hydrogen) atoms. The Balaban J connectivity index is 2.05. The lowest BCUT2D eigenvalue weighted by Crippen LogP contribution is -2.57. The fourth-order valence-corrected chi connectivity index (χ4v) is 2.52. The van der Waals surface area contributed by atoms with E-state index in [1.807, 2.05) is 11.1 Å². The van der Waals surface area contributed by atoms with Gasteiger partial charge >= 0.3 is 0 Å². The second kappa shape index (κ2) is 3.19. The molecule has 0 radical (unpaired) electrons. The molecular formula is C10H15FN2S. The summed E-state index contributed by atoms with van der Waals surface area (Å²) in [6, 6.07) is 0. The molecule has 2 nitrogen and oxygen atoms in total. The Bertz CT molecular complexity index is 325. The van der Waals surface area contributed by atoms with E-state index in [4.69, 9.17) is 0 Å². The van der Waals surface area contributed by atoms with E-state index in [-0.39, 0.29) is 0 Å². The zero-order valence-corrected chi connectivity index (χ0v) is 9.57. The van der Waals surface area contributed by atoms with Crippen molar-refractivity contribution < 1.29 is 4.39 Å². The summed E-state index contributed by atoms with van der Waals surface area (Å²) >= 11 is 1.67. The molecule has 0 unspecified atom stereocenters. The lowest BCUT2D eigenvalue weighted by molar-refractivity contribution is 0.145. The van der Waals surface area contributed by atoms with Gasteiger partial charge in [-0.15, -0.1) is 11.3 Å². The summed E-state index contributed by atoms with van der Waals surface area (Å²) in [4.78, 5) is 6.37. The highest BCUT2D eigenvalue weighted by atomic mass is 32.1. The van der Waals surface area contributed by atoms with Crippen LogP contribution in [0, 0.1) is 0 Å². The number of alkyl halides is 1. The van der Waals surface area contributed by atoms with Gasteiger partial charge in [-0.2, -0.15) is 0 Å². The maximum atomic E-state index is 13.2. The number of hydrogen-bond acceptors (Lipinski definition) is 3. The van der Waals surface area contributed by atoms with E-state index in [9.17, 15) is 4.39 Å². The first-order valence-electron chi connectivity index (χ1n) is 4.87. The van der Waals surface area contributed by atoms with Gasteiger partial charge in [-0.05, 0) is 6.92 Å². The fraction of sp³-hybridized carbons (Fsp3) is 0.700. The van der Waals surface area contributed by atoms with Crippen molar-refractivity contribution in [1.82, 2.24) is 4.98 Å². The Morgan fingerprint density at radius 1 is 1.57 bits per heavy atom. The zero-order chi connectivity index (χ0) is 10.3. The van der Waals surface area contributed by atoms with Gasteiger partial charge in [0.05, 0.1) is 24.3 Å². The summed E-state index contributed by atoms with van der Waals surface area (Å²) in [5.41, 5.74) is -0.998. The first-order chi connectivity index (χ1) is 6.48. The molecule has 0 spiro atoms. The van der Waals surface area contributed by atoms with E-state index < -0.39 is 5.67 Å². The number of rotatable bonds is 2. The fourth-order valence-electron chi connectivity index (χ4n) is 1.60. The molecule has 0 saturated carbocycles. The number of nitrogens with zero attached hydrogens (tertiary/aromatic N) is 2. The standard InChI is InChI=1S/C10H15FN2S/c1-7(2)9-12-4-8(14-9)13-5-10(3,11)6-13/h4,7H,5-6H2,1-3H3. The Morgan fingerprint density at radius 2 is 2.21 bits per heavy atom. The Morgan fingerprint density at radius 3 is 2.64 bits per heavy atom. The van der Waals surface area contributed by atoms with Crippen LogP contribution >= 0.6 is 11.3 Å². The molecule has 0 amide bonds. The molecule has 78 valence electrons. The highest BCUT2D eigenvalue weighted by molar-refractivity contribution is 7.15. The molecular weight excluding hydrogens is 199 g/mol. The van der Waals surface area contributed by atoms with Crippen LogP contribution in [-0.2, 0) is 0 Å². The molecule has 0 N–H and O–H groups in total. The molecule has 0 bridgehead atoms. The van der Waals surface area contributed by atoms with E-state index in [0.29, 0.717) is 19.0 Å². The second-order valence-electron chi connectivity index (χ2n) is 4.46. The molecule has 1 aromatic heterocycles. The molecule has 1 aliphatic rings. The van der Waals surface area contributed by atoms with Crippen LogP contribution in [0.2, 0.25) is 0 Å². The summed E-state index contributed by atoms with van der Waals surface area (Å²) in [6.07, 6.45) is 1.86. The number of halogens is 1. The molecule has 0 atom stereocenters. The first kappa shape index (κ1) is 9.90. The molecule has 4 heteroatoms. The van der Waals surface area contributed by atoms with E-state index in [1.54, 1.807) is 18.3 Å². The maximum Gasteiger partial charge on any atom is 0.143 e. The third-order valence-electron chi connectivity index (χ3n) is 2.36. The van der Waals surface area contributed by atoms with E-state index in [2.05, 4.69) is 18.8 Å². The molecule has 1 saturated heterocycles. The van der Waals surface area contributed by atoms with Crippen molar-refractivity contribution >= 4 is 16.3 Å². The number of thiazole rings is 1. The van der Waals surface area contributed by atoms with E-state index >= 15 is 0 Å². The zero-order valence-electron chi connectivity index (χ0n) is 8.75. The van der Waals surface area contributed by atoms with Crippen molar-refractivity contribution in [3.8, 4) is 0 Å². The largest absolute Gasteiger partial charge is 0.356 e. The van der Waals surface area contributed by atoms with Crippen LogP contribution in [0.3, 0.4) is 0 Å². The highest BCUT2D eigenvalue weighted by Crippen LogP contribution is 2.35. The Hall–Kier alpha value is -0.640. The predicted octanol–water partition coefficient (Wildman–Crippen LogP) is 2.81. The first-order valence-corrected chi connectivity index (χ1v) is 5.69. The third-order valence-corrected chi connectivity index (χ3v) is 3.72. The van der Waals surface area contributed by atoms with Crippen molar-refractivity contribution in [2.24, 2.45) is 0 Å². The highest BCUT2D eigenvalue weighted by Gasteiger charge is 2.39. The Kier molecular flexibility index (Phi) is 2.26. The number of aromatic nitrogens is 1. The summed E-state index contributed by atoms with van der Waals surface area (Å²) < 4.78 is 13.2. The summed E-state index contributed by atoms with van der Waals surface area (Å²) in [5.74, 6) is 0.465. The van der Waals surface area contributed by atoms with Gasteiger partial charge in [-0.1, -0.05) is 13.8 Å². The lowest BCUT2D eigenvalue weighted by Gasteiger charge is -2.42. The van der Waals surface area contributed by atoms with Crippen molar-refractivity contribution in [3.63, 3.8) is 0 Å². The second-order valence-corrected chi connectivity index (χ2v) is 5.50. The average Bonchev–Trinajstić information content (AvgIpc) is 2.47. The third kappa shape index (κ3) is 1.75. The lowest BCUT2D eigenvalue weighted by atomic mass is 10.00. The van der Waals surface area contributed by atoms with Crippen LogP contribution in [-0.4, -0.2) is 23.7 Å². The predicted molar refractivity (Wildman–Crippen MR) is 57.9 cm³/mol. The minimum Gasteiger partial charge on any atom is -0.356 e. The SMILES string of the molecule is CC(C)c1ncc(N2CC(C)(F)C2)s1. The van der Waals surface area contributed by atoms with Crippen molar-refractivity contribution in [1.29, 1.82) is 0 Å². The van der Waals surface area contributed by atoms with Gasteiger partial charge in [0.1, 0.15) is 10.7 Å². The van der Waals surface area contributed by atoms with Crippen LogP contribution in [0.5, 0.6) is 0 Å². The minimum absolute atomic E-state index is 0.465. The molecule has 1 fully saturated rings. The maximum absolute atomic E-state index is 13.2. The normalized spacial score (nSPS) is 19.9. The summed E-state index contributed by atoms with van der Waals surface area (Å²) in [7, 11) is 0. The molecule has 2 rings (SSSR count). The van der Waals surface area contributed by atoms with E-state index in [0.717, 1.165) is 10.0 Å². The summed E-state index contributed by atoms with van der Waals surface area (Å²) in [6.45, 7) is 6.91. The van der Waals surface area contributed by atoms with Gasteiger partial charge < -0.3 is 4.90 Å². The summed E-state index contributed by atoms with van der Waals surface area (Å²) in [5, 5.41) is 2.23. The van der Waals surface area contributed by atoms with Gasteiger partial charge in [0, 0.05) is 5.92 Å². The van der Waals surface area contributed by atoms with Crippen molar-refractivity contribution in [2.45, 2.75) is 32.4 Å². The van der Waals surface area contributed by atoms with Gasteiger partial charge in [0.15, 0.2) is 0 Å².